The SMILES string of the molecule is CC(C)(C)OC(=O)N1CC([C@H](CO)NC(=O)c2ccc3c(-c4ccc(C(F)(F)F)cc4)cccc3c2)C1. The highest BCUT2D eigenvalue weighted by Crippen LogP contribution is 2.33. The topological polar surface area (TPSA) is 78.9 Å². The zero-order valence-corrected chi connectivity index (χ0v) is 20.8. The maximum atomic E-state index is 13.0. The normalized spacial score (nSPS) is 15.3. The summed E-state index contributed by atoms with van der Waals surface area (Å²) in [5.74, 6) is -0.468. The Morgan fingerprint density at radius 2 is 1.73 bits per heavy atom. The fraction of sp³-hybridized carbons (Fsp3) is 0.357. The van der Waals surface area contributed by atoms with E-state index in [1.165, 1.54) is 17.0 Å². The lowest BCUT2D eigenvalue weighted by Crippen LogP contribution is -2.60. The van der Waals surface area contributed by atoms with Crippen molar-refractivity contribution in [3.05, 3.63) is 71.8 Å². The van der Waals surface area contributed by atoms with Gasteiger partial charge in [-0.15, -0.1) is 0 Å². The number of carbonyl (C=O) groups excluding carboxylic acids is 2. The van der Waals surface area contributed by atoms with Gasteiger partial charge in [-0.25, -0.2) is 4.79 Å². The largest absolute Gasteiger partial charge is 0.444 e. The molecule has 9 heteroatoms. The molecule has 0 bridgehead atoms. The summed E-state index contributed by atoms with van der Waals surface area (Å²) in [5.41, 5.74) is 0.460. The van der Waals surface area contributed by atoms with Gasteiger partial charge in [-0.1, -0.05) is 36.4 Å². The van der Waals surface area contributed by atoms with E-state index in [0.29, 0.717) is 24.2 Å². The van der Waals surface area contributed by atoms with Gasteiger partial charge in [-0.3, -0.25) is 4.79 Å². The minimum Gasteiger partial charge on any atom is -0.444 e. The summed E-state index contributed by atoms with van der Waals surface area (Å²) < 4.78 is 44.1. The number of aliphatic hydroxyl groups excluding tert-OH is 1. The Morgan fingerprint density at radius 1 is 1.05 bits per heavy atom. The third kappa shape index (κ3) is 6.05. The van der Waals surface area contributed by atoms with Crippen LogP contribution in [0.15, 0.2) is 60.7 Å². The lowest BCUT2D eigenvalue weighted by molar-refractivity contribution is -0.137. The van der Waals surface area contributed by atoms with Crippen molar-refractivity contribution in [2.45, 2.75) is 38.6 Å². The lowest BCUT2D eigenvalue weighted by Gasteiger charge is -2.43. The van der Waals surface area contributed by atoms with Crippen LogP contribution in [0.5, 0.6) is 0 Å². The Hall–Kier alpha value is -3.59. The summed E-state index contributed by atoms with van der Waals surface area (Å²) in [6, 6.07) is 15.0. The molecule has 6 nitrogen and oxygen atoms in total. The molecular weight excluding hydrogens is 485 g/mol. The molecule has 3 aromatic carbocycles. The first kappa shape index (κ1) is 26.5. The molecule has 0 aromatic heterocycles. The van der Waals surface area contributed by atoms with Crippen molar-refractivity contribution in [1.82, 2.24) is 10.2 Å². The fourth-order valence-corrected chi connectivity index (χ4v) is 4.32. The molecule has 0 unspecified atom stereocenters. The van der Waals surface area contributed by atoms with Crippen molar-refractivity contribution in [2.75, 3.05) is 19.7 Å². The van der Waals surface area contributed by atoms with E-state index in [1.807, 2.05) is 12.1 Å². The van der Waals surface area contributed by atoms with Gasteiger partial charge >= 0.3 is 12.3 Å². The molecule has 1 heterocycles. The van der Waals surface area contributed by atoms with Gasteiger partial charge in [0.15, 0.2) is 0 Å². The zero-order valence-electron chi connectivity index (χ0n) is 20.8. The van der Waals surface area contributed by atoms with Crippen molar-refractivity contribution in [1.29, 1.82) is 0 Å². The molecule has 1 aliphatic rings. The van der Waals surface area contributed by atoms with Gasteiger partial charge in [-0.2, -0.15) is 13.2 Å². The Bertz CT molecular complexity index is 1290. The van der Waals surface area contributed by atoms with Gasteiger partial charge < -0.3 is 20.1 Å². The molecule has 4 rings (SSSR count). The van der Waals surface area contributed by atoms with E-state index in [4.69, 9.17) is 4.74 Å². The minimum absolute atomic E-state index is 0.104. The van der Waals surface area contributed by atoms with E-state index in [1.54, 1.807) is 45.0 Å². The van der Waals surface area contributed by atoms with Crippen LogP contribution in [-0.2, 0) is 10.9 Å². The molecule has 2 amide bonds. The maximum absolute atomic E-state index is 13.0. The molecule has 1 aliphatic heterocycles. The second kappa shape index (κ2) is 10.0. The molecule has 0 aliphatic carbocycles. The summed E-state index contributed by atoms with van der Waals surface area (Å²) >= 11 is 0. The van der Waals surface area contributed by atoms with Crippen LogP contribution in [0, 0.1) is 5.92 Å². The van der Waals surface area contributed by atoms with Crippen LogP contribution in [0.25, 0.3) is 21.9 Å². The van der Waals surface area contributed by atoms with E-state index in [-0.39, 0.29) is 18.4 Å². The fourth-order valence-electron chi connectivity index (χ4n) is 4.32. The number of hydrogen-bond donors (Lipinski definition) is 2. The Balaban J connectivity index is 1.46. The van der Waals surface area contributed by atoms with Gasteiger partial charge in [0.1, 0.15) is 5.60 Å². The van der Waals surface area contributed by atoms with E-state index in [9.17, 15) is 27.9 Å². The van der Waals surface area contributed by atoms with Gasteiger partial charge in [-0.05, 0) is 66.9 Å². The van der Waals surface area contributed by atoms with Gasteiger partial charge in [0.2, 0.25) is 0 Å². The van der Waals surface area contributed by atoms with E-state index < -0.39 is 29.5 Å². The number of alkyl halides is 3. The third-order valence-electron chi connectivity index (χ3n) is 6.31. The number of carbonyl (C=O) groups is 2. The molecule has 2 N–H and O–H groups in total. The number of hydrogen-bond acceptors (Lipinski definition) is 4. The zero-order chi connectivity index (χ0) is 27.0. The number of ether oxygens (including phenoxy) is 1. The predicted octanol–water partition coefficient (Wildman–Crippen LogP) is 5.48. The first-order chi connectivity index (χ1) is 17.4. The summed E-state index contributed by atoms with van der Waals surface area (Å²) in [6.07, 6.45) is -4.83. The number of nitrogens with one attached hydrogen (secondary N) is 1. The van der Waals surface area contributed by atoms with E-state index in [0.717, 1.165) is 28.5 Å². The van der Waals surface area contributed by atoms with Gasteiger partial charge in [0, 0.05) is 24.6 Å². The Labute approximate surface area is 213 Å². The minimum atomic E-state index is -4.40. The van der Waals surface area contributed by atoms with Crippen LogP contribution in [0.3, 0.4) is 0 Å². The van der Waals surface area contributed by atoms with Crippen LogP contribution >= 0.6 is 0 Å². The highest BCUT2D eigenvalue weighted by atomic mass is 19.4. The standard InChI is InChI=1S/C28H29F3N2O4/c1-27(2,3)37-26(36)33-14-20(15-33)24(16-34)32-25(35)19-9-12-23-18(13-19)5-4-6-22(23)17-7-10-21(11-8-17)28(29,30)31/h4-13,20,24,34H,14-16H2,1-3H3,(H,32,35)/t24-/m0/s1. The second-order valence-corrected chi connectivity index (χ2v) is 10.2. The van der Waals surface area contributed by atoms with Crippen molar-refractivity contribution in [2.24, 2.45) is 5.92 Å². The molecule has 3 aromatic rings. The van der Waals surface area contributed by atoms with Crippen molar-refractivity contribution in [3.63, 3.8) is 0 Å². The average molecular weight is 515 g/mol. The Kier molecular flexibility index (Phi) is 7.19. The quantitative estimate of drug-likeness (QED) is 0.473. The van der Waals surface area contributed by atoms with Crippen LogP contribution in [0.2, 0.25) is 0 Å². The second-order valence-electron chi connectivity index (χ2n) is 10.2. The third-order valence-corrected chi connectivity index (χ3v) is 6.31. The molecule has 1 fully saturated rings. The van der Waals surface area contributed by atoms with Gasteiger partial charge in [0.05, 0.1) is 18.2 Å². The molecule has 37 heavy (non-hydrogen) atoms. The van der Waals surface area contributed by atoms with E-state index in [2.05, 4.69) is 5.32 Å². The molecule has 1 saturated heterocycles. The lowest BCUT2D eigenvalue weighted by atomic mass is 9.91. The highest BCUT2D eigenvalue weighted by molar-refractivity contribution is 6.02. The highest BCUT2D eigenvalue weighted by Gasteiger charge is 2.38. The molecular formula is C28H29F3N2O4. The van der Waals surface area contributed by atoms with Crippen LogP contribution < -0.4 is 5.32 Å². The maximum Gasteiger partial charge on any atom is 0.416 e. The summed E-state index contributed by atoms with van der Waals surface area (Å²) in [7, 11) is 0. The van der Waals surface area contributed by atoms with Crippen molar-refractivity contribution < 1.29 is 32.6 Å². The molecule has 0 radical (unpaired) electrons. The Morgan fingerprint density at radius 3 is 2.32 bits per heavy atom. The number of aliphatic hydroxyl groups is 1. The number of benzene rings is 3. The molecule has 0 spiro atoms. The summed E-state index contributed by atoms with van der Waals surface area (Å²) in [6.45, 7) is 5.83. The number of likely N-dealkylation sites (tertiary alicyclic amines) is 1. The van der Waals surface area contributed by atoms with Crippen LogP contribution in [-0.4, -0.2) is 53.3 Å². The number of halogens is 3. The van der Waals surface area contributed by atoms with Gasteiger partial charge in [0.25, 0.3) is 5.91 Å². The van der Waals surface area contributed by atoms with E-state index >= 15 is 0 Å². The average Bonchev–Trinajstić information content (AvgIpc) is 2.80. The van der Waals surface area contributed by atoms with Crippen molar-refractivity contribution in [3.8, 4) is 11.1 Å². The summed E-state index contributed by atoms with van der Waals surface area (Å²) in [5, 5.41) is 14.3. The first-order valence-corrected chi connectivity index (χ1v) is 12.0. The molecule has 0 saturated carbocycles. The molecule has 1 atom stereocenters. The monoisotopic (exact) mass is 514 g/mol. The number of fused-ring (bicyclic) bond motifs is 1. The van der Waals surface area contributed by atoms with Crippen LogP contribution in [0.1, 0.15) is 36.7 Å². The number of nitrogens with zero attached hydrogens (tertiary/aromatic N) is 1. The van der Waals surface area contributed by atoms with Crippen molar-refractivity contribution >= 4 is 22.8 Å². The summed E-state index contributed by atoms with van der Waals surface area (Å²) in [4.78, 5) is 26.6. The number of rotatable bonds is 5. The number of amides is 2. The smallest absolute Gasteiger partial charge is 0.416 e. The predicted molar refractivity (Wildman–Crippen MR) is 134 cm³/mol. The first-order valence-electron chi connectivity index (χ1n) is 12.0. The van der Waals surface area contributed by atoms with Crippen LogP contribution in [0.4, 0.5) is 18.0 Å². The molecule has 196 valence electrons.